The highest BCUT2D eigenvalue weighted by atomic mass is 16.3. The van der Waals surface area contributed by atoms with Gasteiger partial charge in [-0.05, 0) is 24.7 Å². The minimum Gasteiger partial charge on any atom is -0.393 e. The van der Waals surface area contributed by atoms with Gasteiger partial charge in [-0.15, -0.1) is 0 Å². The SMILES string of the molecule is CC(C)[C@H](N)C(=O)NCC1CC(O)C1. The van der Waals surface area contributed by atoms with Crippen LogP contribution >= 0.6 is 0 Å². The predicted molar refractivity (Wildman–Crippen MR) is 54.6 cm³/mol. The molecular formula is C10H20N2O2. The molecule has 0 aliphatic heterocycles. The molecule has 1 rings (SSSR count). The van der Waals surface area contributed by atoms with E-state index in [1.54, 1.807) is 0 Å². The van der Waals surface area contributed by atoms with Gasteiger partial charge in [0.1, 0.15) is 0 Å². The highest BCUT2D eigenvalue weighted by molar-refractivity contribution is 5.81. The average molecular weight is 200 g/mol. The fraction of sp³-hybridized carbons (Fsp3) is 0.900. The molecule has 0 aromatic rings. The van der Waals surface area contributed by atoms with Crippen LogP contribution < -0.4 is 11.1 Å². The van der Waals surface area contributed by atoms with Crippen LogP contribution in [0.2, 0.25) is 0 Å². The standard InChI is InChI=1S/C10H20N2O2/c1-6(2)9(11)10(14)12-5-7-3-8(13)4-7/h6-9,13H,3-5,11H2,1-2H3,(H,12,14)/t7?,8?,9-/m0/s1. The first-order valence-corrected chi connectivity index (χ1v) is 5.22. The van der Waals surface area contributed by atoms with Crippen molar-refractivity contribution in [3.05, 3.63) is 0 Å². The Labute approximate surface area is 84.9 Å². The van der Waals surface area contributed by atoms with Crippen molar-refractivity contribution in [2.24, 2.45) is 17.6 Å². The molecule has 1 saturated carbocycles. The number of nitrogens with two attached hydrogens (primary N) is 1. The number of nitrogens with one attached hydrogen (secondary N) is 1. The van der Waals surface area contributed by atoms with Gasteiger partial charge in [-0.25, -0.2) is 0 Å². The summed E-state index contributed by atoms with van der Waals surface area (Å²) in [5, 5.41) is 11.9. The van der Waals surface area contributed by atoms with Crippen molar-refractivity contribution in [2.45, 2.75) is 38.8 Å². The maximum Gasteiger partial charge on any atom is 0.237 e. The number of hydrogen-bond donors (Lipinski definition) is 3. The molecule has 0 aromatic heterocycles. The number of aliphatic hydroxyl groups excluding tert-OH is 1. The first-order chi connectivity index (χ1) is 6.50. The number of carbonyl (C=O) groups excluding carboxylic acids is 1. The Bertz CT molecular complexity index is 200. The predicted octanol–water partition coefficient (Wildman–Crippen LogP) is -0.143. The van der Waals surface area contributed by atoms with E-state index in [2.05, 4.69) is 5.32 Å². The molecule has 1 atom stereocenters. The molecule has 0 bridgehead atoms. The Hall–Kier alpha value is -0.610. The molecular weight excluding hydrogens is 180 g/mol. The van der Waals surface area contributed by atoms with Crippen LogP contribution in [0, 0.1) is 11.8 Å². The average Bonchev–Trinajstić information content (AvgIpc) is 2.08. The molecule has 0 heterocycles. The number of carbonyl (C=O) groups is 1. The van der Waals surface area contributed by atoms with Crippen molar-refractivity contribution in [3.63, 3.8) is 0 Å². The van der Waals surface area contributed by atoms with Gasteiger partial charge < -0.3 is 16.2 Å². The van der Waals surface area contributed by atoms with E-state index in [-0.39, 0.29) is 17.9 Å². The van der Waals surface area contributed by atoms with Crippen LogP contribution in [0.25, 0.3) is 0 Å². The third-order valence-corrected chi connectivity index (χ3v) is 2.80. The molecule has 4 heteroatoms. The molecule has 82 valence electrons. The highest BCUT2D eigenvalue weighted by Crippen LogP contribution is 2.26. The van der Waals surface area contributed by atoms with Crippen LogP contribution in [0.5, 0.6) is 0 Å². The molecule has 0 spiro atoms. The fourth-order valence-electron chi connectivity index (χ4n) is 1.53. The van der Waals surface area contributed by atoms with E-state index in [0.717, 1.165) is 12.8 Å². The van der Waals surface area contributed by atoms with E-state index in [0.29, 0.717) is 12.5 Å². The van der Waals surface area contributed by atoms with Crippen molar-refractivity contribution >= 4 is 5.91 Å². The topological polar surface area (TPSA) is 75.4 Å². The maximum absolute atomic E-state index is 11.4. The van der Waals surface area contributed by atoms with Gasteiger partial charge in [0.25, 0.3) is 0 Å². The summed E-state index contributed by atoms with van der Waals surface area (Å²) >= 11 is 0. The van der Waals surface area contributed by atoms with Gasteiger partial charge in [-0.1, -0.05) is 13.8 Å². The summed E-state index contributed by atoms with van der Waals surface area (Å²) in [5.74, 6) is 0.525. The van der Waals surface area contributed by atoms with Crippen LogP contribution in [0.1, 0.15) is 26.7 Å². The van der Waals surface area contributed by atoms with Crippen molar-refractivity contribution in [1.82, 2.24) is 5.32 Å². The van der Waals surface area contributed by atoms with Gasteiger partial charge in [-0.2, -0.15) is 0 Å². The van der Waals surface area contributed by atoms with E-state index in [4.69, 9.17) is 10.8 Å². The van der Waals surface area contributed by atoms with Crippen molar-refractivity contribution in [3.8, 4) is 0 Å². The normalized spacial score (nSPS) is 28.4. The molecule has 0 unspecified atom stereocenters. The molecule has 0 saturated heterocycles. The van der Waals surface area contributed by atoms with E-state index in [9.17, 15) is 4.79 Å². The van der Waals surface area contributed by atoms with Gasteiger partial charge in [-0.3, -0.25) is 4.79 Å². The first-order valence-electron chi connectivity index (χ1n) is 5.22. The minimum absolute atomic E-state index is 0.0820. The fourth-order valence-corrected chi connectivity index (χ4v) is 1.53. The van der Waals surface area contributed by atoms with Gasteiger partial charge in [0.2, 0.25) is 5.91 Å². The summed E-state index contributed by atoms with van der Waals surface area (Å²) < 4.78 is 0. The lowest BCUT2D eigenvalue weighted by Gasteiger charge is -2.31. The molecule has 1 aliphatic rings. The van der Waals surface area contributed by atoms with Gasteiger partial charge in [0.15, 0.2) is 0 Å². The zero-order chi connectivity index (χ0) is 10.7. The van der Waals surface area contributed by atoms with Gasteiger partial charge in [0, 0.05) is 6.54 Å². The summed E-state index contributed by atoms with van der Waals surface area (Å²) in [4.78, 5) is 11.4. The van der Waals surface area contributed by atoms with Gasteiger partial charge >= 0.3 is 0 Å². The molecule has 0 aromatic carbocycles. The first kappa shape index (κ1) is 11.5. The zero-order valence-electron chi connectivity index (χ0n) is 8.86. The summed E-state index contributed by atoms with van der Waals surface area (Å²) in [6.07, 6.45) is 1.45. The summed E-state index contributed by atoms with van der Waals surface area (Å²) in [6.45, 7) is 4.50. The molecule has 4 nitrogen and oxygen atoms in total. The van der Waals surface area contributed by atoms with Crippen molar-refractivity contribution in [1.29, 1.82) is 0 Å². The number of amides is 1. The van der Waals surface area contributed by atoms with Crippen LogP contribution in [0.3, 0.4) is 0 Å². The number of hydrogen-bond acceptors (Lipinski definition) is 3. The van der Waals surface area contributed by atoms with E-state index < -0.39 is 6.04 Å². The van der Waals surface area contributed by atoms with Crippen molar-refractivity contribution in [2.75, 3.05) is 6.54 Å². The Morgan fingerprint density at radius 1 is 1.57 bits per heavy atom. The zero-order valence-corrected chi connectivity index (χ0v) is 8.86. The van der Waals surface area contributed by atoms with Crippen molar-refractivity contribution < 1.29 is 9.90 Å². The Morgan fingerprint density at radius 3 is 2.57 bits per heavy atom. The highest BCUT2D eigenvalue weighted by Gasteiger charge is 2.28. The number of rotatable bonds is 4. The van der Waals surface area contributed by atoms with E-state index in [1.165, 1.54) is 0 Å². The summed E-state index contributed by atoms with van der Waals surface area (Å²) in [6, 6.07) is -0.417. The van der Waals surface area contributed by atoms with Crippen LogP contribution in [-0.2, 0) is 4.79 Å². The van der Waals surface area contributed by atoms with E-state index >= 15 is 0 Å². The third-order valence-electron chi connectivity index (χ3n) is 2.80. The second-order valence-electron chi connectivity index (χ2n) is 4.51. The lowest BCUT2D eigenvalue weighted by Crippen LogP contribution is -2.47. The molecule has 1 aliphatic carbocycles. The molecule has 0 radical (unpaired) electrons. The summed E-state index contributed by atoms with van der Waals surface area (Å²) in [7, 11) is 0. The monoisotopic (exact) mass is 200 g/mol. The third kappa shape index (κ3) is 2.96. The smallest absolute Gasteiger partial charge is 0.237 e. The Morgan fingerprint density at radius 2 is 2.14 bits per heavy atom. The largest absolute Gasteiger partial charge is 0.393 e. The lowest BCUT2D eigenvalue weighted by molar-refractivity contribution is -0.123. The van der Waals surface area contributed by atoms with Gasteiger partial charge in [0.05, 0.1) is 12.1 Å². The number of aliphatic hydroxyl groups is 1. The van der Waals surface area contributed by atoms with E-state index in [1.807, 2.05) is 13.8 Å². The second-order valence-corrected chi connectivity index (χ2v) is 4.51. The Kier molecular flexibility index (Phi) is 3.89. The molecule has 1 fully saturated rings. The molecule has 4 N–H and O–H groups in total. The van der Waals surface area contributed by atoms with Crippen LogP contribution in [-0.4, -0.2) is 29.7 Å². The maximum atomic E-state index is 11.4. The second kappa shape index (κ2) is 4.75. The Balaban J connectivity index is 2.15. The van der Waals surface area contributed by atoms with Crippen LogP contribution in [0.4, 0.5) is 0 Å². The molecule has 1 amide bonds. The summed E-state index contributed by atoms with van der Waals surface area (Å²) in [5.41, 5.74) is 5.67. The molecule has 14 heavy (non-hydrogen) atoms. The minimum atomic E-state index is -0.417. The quantitative estimate of drug-likeness (QED) is 0.591. The van der Waals surface area contributed by atoms with Crippen LogP contribution in [0.15, 0.2) is 0 Å². The lowest BCUT2D eigenvalue weighted by atomic mass is 9.82.